The summed E-state index contributed by atoms with van der Waals surface area (Å²) in [4.78, 5) is 18.8. The third-order valence-electron chi connectivity index (χ3n) is 7.18. The summed E-state index contributed by atoms with van der Waals surface area (Å²) in [5.41, 5.74) is 2.79. The molecule has 1 atom stereocenters. The molecule has 1 aliphatic rings. The van der Waals surface area contributed by atoms with Crippen LogP contribution in [0, 0.1) is 6.92 Å². The van der Waals surface area contributed by atoms with E-state index in [1.165, 1.54) is 19.3 Å². The third kappa shape index (κ3) is 5.22. The van der Waals surface area contributed by atoms with Gasteiger partial charge in [-0.1, -0.05) is 44.7 Å². The van der Waals surface area contributed by atoms with Gasteiger partial charge in [-0.25, -0.2) is 4.68 Å². The Bertz CT molecular complexity index is 1300. The molecule has 0 radical (unpaired) electrons. The molecule has 1 saturated carbocycles. The summed E-state index contributed by atoms with van der Waals surface area (Å²) in [5, 5.41) is 13.9. The van der Waals surface area contributed by atoms with Gasteiger partial charge in [0.1, 0.15) is 12.3 Å². The van der Waals surface area contributed by atoms with Gasteiger partial charge in [0.2, 0.25) is 0 Å². The van der Waals surface area contributed by atoms with Gasteiger partial charge >= 0.3 is 0 Å². The molecule has 0 aliphatic heterocycles. The van der Waals surface area contributed by atoms with Gasteiger partial charge in [-0.05, 0) is 71.8 Å². The van der Waals surface area contributed by atoms with E-state index in [1.54, 1.807) is 6.26 Å². The lowest BCUT2D eigenvalue weighted by Crippen LogP contribution is -2.41. The summed E-state index contributed by atoms with van der Waals surface area (Å²) in [5.74, 6) is 1.65. The fraction of sp³-hybridized carbons (Fsp3) is 0.481. The SMILES string of the molecule is CCC[C@H](c1nnnn1Cc1ccco1)N(Cc1cc2ccc(C)cc2[nH]c1=O)C1CCCCC1. The summed E-state index contributed by atoms with van der Waals surface area (Å²) in [6.07, 6.45) is 9.54. The van der Waals surface area contributed by atoms with Crippen molar-refractivity contribution in [3.8, 4) is 0 Å². The van der Waals surface area contributed by atoms with Crippen molar-refractivity contribution in [3.63, 3.8) is 0 Å². The maximum absolute atomic E-state index is 13.2. The molecule has 0 spiro atoms. The first-order valence-electron chi connectivity index (χ1n) is 12.8. The number of hydrogen-bond acceptors (Lipinski definition) is 6. The van der Waals surface area contributed by atoms with Crippen molar-refractivity contribution in [2.45, 2.75) is 84.0 Å². The van der Waals surface area contributed by atoms with Crippen LogP contribution in [0.1, 0.15) is 80.6 Å². The minimum atomic E-state index is -0.0191. The molecule has 8 nitrogen and oxygen atoms in total. The van der Waals surface area contributed by atoms with Crippen LogP contribution < -0.4 is 5.56 Å². The minimum absolute atomic E-state index is 0.0150. The number of furan rings is 1. The number of nitrogens with one attached hydrogen (secondary N) is 1. The summed E-state index contributed by atoms with van der Waals surface area (Å²) in [7, 11) is 0. The average molecular weight is 475 g/mol. The van der Waals surface area contributed by atoms with Gasteiger partial charge in [0.25, 0.3) is 5.56 Å². The normalized spacial score (nSPS) is 15.7. The molecule has 4 aromatic rings. The van der Waals surface area contributed by atoms with Crippen molar-refractivity contribution in [1.82, 2.24) is 30.1 Å². The summed E-state index contributed by atoms with van der Waals surface area (Å²) >= 11 is 0. The average Bonchev–Trinajstić information content (AvgIpc) is 3.55. The predicted molar refractivity (Wildman–Crippen MR) is 135 cm³/mol. The Morgan fingerprint density at radius 3 is 2.83 bits per heavy atom. The smallest absolute Gasteiger partial charge is 0.252 e. The molecule has 0 amide bonds. The van der Waals surface area contributed by atoms with Crippen LogP contribution in [0.5, 0.6) is 0 Å². The number of rotatable bonds is 9. The predicted octanol–water partition coefficient (Wildman–Crippen LogP) is 5.14. The molecule has 0 unspecified atom stereocenters. The standard InChI is InChI=1S/C27H34N6O2/c1-3-8-25(26-29-30-31-33(26)18-23-11-7-14-35-23)32(22-9-5-4-6-10-22)17-21-16-20-13-12-19(2)15-24(20)28-27(21)34/h7,11-16,22,25H,3-6,8-10,17-18H2,1-2H3,(H,28,34)/t25-/m1/s1. The lowest BCUT2D eigenvalue weighted by atomic mass is 9.91. The van der Waals surface area contributed by atoms with Crippen LogP contribution in [0.2, 0.25) is 0 Å². The molecule has 8 heteroatoms. The molecule has 1 aromatic carbocycles. The molecular formula is C27H34N6O2. The highest BCUT2D eigenvalue weighted by Gasteiger charge is 2.32. The Morgan fingerprint density at radius 2 is 2.06 bits per heavy atom. The van der Waals surface area contributed by atoms with Gasteiger partial charge in [0.05, 0.1) is 12.3 Å². The second-order valence-electron chi connectivity index (χ2n) is 9.76. The molecule has 3 aromatic heterocycles. The van der Waals surface area contributed by atoms with Crippen LogP contribution in [0.15, 0.2) is 51.9 Å². The molecule has 5 rings (SSSR count). The number of fused-ring (bicyclic) bond motifs is 1. The Hall–Kier alpha value is -3.26. The topological polar surface area (TPSA) is 92.8 Å². The number of aromatic nitrogens is 5. The lowest BCUT2D eigenvalue weighted by Gasteiger charge is -2.39. The highest BCUT2D eigenvalue weighted by atomic mass is 16.3. The van der Waals surface area contributed by atoms with Gasteiger partial charge in [-0.15, -0.1) is 5.10 Å². The molecule has 3 heterocycles. The van der Waals surface area contributed by atoms with Crippen molar-refractivity contribution in [2.24, 2.45) is 0 Å². The second kappa shape index (κ2) is 10.6. The van der Waals surface area contributed by atoms with Crippen molar-refractivity contribution >= 4 is 10.9 Å². The Morgan fingerprint density at radius 1 is 1.20 bits per heavy atom. The first-order valence-corrected chi connectivity index (χ1v) is 12.8. The van der Waals surface area contributed by atoms with Gasteiger partial charge in [0.15, 0.2) is 5.82 Å². The maximum Gasteiger partial charge on any atom is 0.252 e. The van der Waals surface area contributed by atoms with Crippen LogP contribution >= 0.6 is 0 Å². The third-order valence-corrected chi connectivity index (χ3v) is 7.18. The zero-order chi connectivity index (χ0) is 24.2. The van der Waals surface area contributed by atoms with Crippen LogP contribution in [-0.2, 0) is 13.1 Å². The number of tetrazole rings is 1. The lowest BCUT2D eigenvalue weighted by molar-refractivity contribution is 0.0811. The Balaban J connectivity index is 1.52. The van der Waals surface area contributed by atoms with Crippen LogP contribution in [-0.4, -0.2) is 36.1 Å². The number of aryl methyl sites for hydroxylation is 1. The number of benzene rings is 1. The minimum Gasteiger partial charge on any atom is -0.467 e. The summed E-state index contributed by atoms with van der Waals surface area (Å²) in [6, 6.07) is 12.5. The second-order valence-corrected chi connectivity index (χ2v) is 9.76. The van der Waals surface area contributed by atoms with Gasteiger partial charge < -0.3 is 9.40 Å². The molecular weight excluding hydrogens is 440 g/mol. The van der Waals surface area contributed by atoms with E-state index >= 15 is 0 Å². The van der Waals surface area contributed by atoms with Crippen LogP contribution in [0.25, 0.3) is 10.9 Å². The quantitative estimate of drug-likeness (QED) is 0.361. The Labute approximate surface area is 205 Å². The molecule has 35 heavy (non-hydrogen) atoms. The van der Waals surface area contributed by atoms with E-state index in [0.717, 1.165) is 59.3 Å². The molecule has 184 valence electrons. The molecule has 1 N–H and O–H groups in total. The highest BCUT2D eigenvalue weighted by Crippen LogP contribution is 2.34. The fourth-order valence-corrected chi connectivity index (χ4v) is 5.41. The number of hydrogen-bond donors (Lipinski definition) is 1. The number of nitrogens with zero attached hydrogens (tertiary/aromatic N) is 5. The van der Waals surface area contributed by atoms with E-state index in [9.17, 15) is 4.79 Å². The largest absolute Gasteiger partial charge is 0.467 e. The highest BCUT2D eigenvalue weighted by molar-refractivity contribution is 5.79. The first kappa shape index (κ1) is 23.5. The van der Waals surface area contributed by atoms with Crippen LogP contribution in [0.4, 0.5) is 0 Å². The van der Waals surface area contributed by atoms with E-state index in [1.807, 2.05) is 29.8 Å². The van der Waals surface area contributed by atoms with Crippen molar-refractivity contribution in [1.29, 1.82) is 0 Å². The molecule has 0 saturated heterocycles. The van der Waals surface area contributed by atoms with Gasteiger partial charge in [-0.3, -0.25) is 9.69 Å². The number of H-pyrrole nitrogens is 1. The maximum atomic E-state index is 13.2. The van der Waals surface area contributed by atoms with E-state index in [2.05, 4.69) is 50.5 Å². The summed E-state index contributed by atoms with van der Waals surface area (Å²) in [6.45, 7) is 5.29. The molecule has 1 fully saturated rings. The van der Waals surface area contributed by atoms with Crippen molar-refractivity contribution in [2.75, 3.05) is 0 Å². The van der Waals surface area contributed by atoms with Crippen molar-refractivity contribution in [3.05, 3.63) is 75.7 Å². The Kier molecular flexibility index (Phi) is 7.08. The fourth-order valence-electron chi connectivity index (χ4n) is 5.41. The number of pyridine rings is 1. The summed E-state index contributed by atoms with van der Waals surface area (Å²) < 4.78 is 7.41. The monoisotopic (exact) mass is 474 g/mol. The molecule has 1 aliphatic carbocycles. The van der Waals surface area contributed by atoms with E-state index in [-0.39, 0.29) is 11.6 Å². The van der Waals surface area contributed by atoms with Crippen LogP contribution in [0.3, 0.4) is 0 Å². The molecule has 0 bridgehead atoms. The van der Waals surface area contributed by atoms with Gasteiger partial charge in [0, 0.05) is 23.7 Å². The zero-order valence-electron chi connectivity index (χ0n) is 20.6. The zero-order valence-corrected chi connectivity index (χ0v) is 20.6. The van der Waals surface area contributed by atoms with E-state index in [0.29, 0.717) is 19.1 Å². The van der Waals surface area contributed by atoms with Gasteiger partial charge in [-0.2, -0.15) is 0 Å². The first-order chi connectivity index (χ1) is 17.1. The van der Waals surface area contributed by atoms with E-state index < -0.39 is 0 Å². The van der Waals surface area contributed by atoms with E-state index in [4.69, 9.17) is 4.42 Å². The van der Waals surface area contributed by atoms with Crippen molar-refractivity contribution < 1.29 is 4.42 Å². The number of aromatic amines is 1.